The molecule has 0 fully saturated rings. The SMILES string of the molecule is C=C(C)c1cc(OC)c(OC)cc1CC(C)(C)O. The highest BCUT2D eigenvalue weighted by molar-refractivity contribution is 5.68. The first-order valence-electron chi connectivity index (χ1n) is 5.91. The summed E-state index contributed by atoms with van der Waals surface area (Å²) in [5.74, 6) is 1.34. The maximum absolute atomic E-state index is 9.97. The fourth-order valence-corrected chi connectivity index (χ4v) is 1.93. The molecule has 0 heterocycles. The maximum atomic E-state index is 9.97. The van der Waals surface area contributed by atoms with Crippen LogP contribution < -0.4 is 9.47 Å². The summed E-state index contributed by atoms with van der Waals surface area (Å²) in [7, 11) is 3.21. The number of ether oxygens (including phenoxy) is 2. The molecule has 0 aromatic heterocycles. The number of aliphatic hydroxyl groups is 1. The summed E-state index contributed by atoms with van der Waals surface area (Å²) in [6.45, 7) is 9.48. The molecular weight excluding hydrogens is 228 g/mol. The fourth-order valence-electron chi connectivity index (χ4n) is 1.93. The van der Waals surface area contributed by atoms with Gasteiger partial charge in [0.05, 0.1) is 19.8 Å². The first-order valence-corrected chi connectivity index (χ1v) is 5.91. The van der Waals surface area contributed by atoms with Crippen molar-refractivity contribution in [3.8, 4) is 11.5 Å². The molecule has 18 heavy (non-hydrogen) atoms. The summed E-state index contributed by atoms with van der Waals surface area (Å²) in [6.07, 6.45) is 0.537. The van der Waals surface area contributed by atoms with Crippen LogP contribution in [0.15, 0.2) is 18.7 Å². The third-order valence-electron chi connectivity index (χ3n) is 2.69. The minimum atomic E-state index is -0.774. The monoisotopic (exact) mass is 250 g/mol. The van der Waals surface area contributed by atoms with Crippen molar-refractivity contribution in [2.45, 2.75) is 32.8 Å². The van der Waals surface area contributed by atoms with Crippen molar-refractivity contribution in [1.29, 1.82) is 0 Å². The first kappa shape index (κ1) is 14.6. The van der Waals surface area contributed by atoms with Gasteiger partial charge in [-0.05, 0) is 44.0 Å². The molecule has 0 saturated heterocycles. The average molecular weight is 250 g/mol. The largest absolute Gasteiger partial charge is 0.493 e. The van der Waals surface area contributed by atoms with Crippen LogP contribution >= 0.6 is 0 Å². The Morgan fingerprint density at radius 1 is 1.22 bits per heavy atom. The lowest BCUT2D eigenvalue weighted by atomic mass is 9.92. The van der Waals surface area contributed by atoms with Crippen molar-refractivity contribution in [2.24, 2.45) is 0 Å². The molecule has 0 radical (unpaired) electrons. The molecule has 0 aliphatic rings. The third-order valence-corrected chi connectivity index (χ3v) is 2.69. The fraction of sp³-hybridized carbons (Fsp3) is 0.467. The van der Waals surface area contributed by atoms with Crippen LogP contribution in [0, 0.1) is 0 Å². The molecule has 100 valence electrons. The molecule has 0 aliphatic carbocycles. The second-order valence-electron chi connectivity index (χ2n) is 5.13. The van der Waals surface area contributed by atoms with E-state index in [2.05, 4.69) is 6.58 Å². The Morgan fingerprint density at radius 2 is 1.72 bits per heavy atom. The summed E-state index contributed by atoms with van der Waals surface area (Å²) < 4.78 is 10.6. The van der Waals surface area contributed by atoms with E-state index in [9.17, 15) is 5.11 Å². The summed E-state index contributed by atoms with van der Waals surface area (Å²) in [5, 5.41) is 9.97. The predicted molar refractivity (Wildman–Crippen MR) is 74.3 cm³/mol. The minimum Gasteiger partial charge on any atom is -0.493 e. The molecule has 1 rings (SSSR count). The van der Waals surface area contributed by atoms with E-state index in [0.717, 1.165) is 16.7 Å². The topological polar surface area (TPSA) is 38.7 Å². The lowest BCUT2D eigenvalue weighted by molar-refractivity contribution is 0.0808. The highest BCUT2D eigenvalue weighted by Crippen LogP contribution is 2.34. The number of methoxy groups -OCH3 is 2. The van der Waals surface area contributed by atoms with E-state index in [1.54, 1.807) is 28.1 Å². The van der Waals surface area contributed by atoms with E-state index < -0.39 is 5.60 Å². The number of hydrogen-bond donors (Lipinski definition) is 1. The number of benzene rings is 1. The van der Waals surface area contributed by atoms with Gasteiger partial charge in [-0.2, -0.15) is 0 Å². The van der Waals surface area contributed by atoms with Crippen LogP contribution in [0.2, 0.25) is 0 Å². The first-order chi connectivity index (χ1) is 8.28. The van der Waals surface area contributed by atoms with Gasteiger partial charge in [0.25, 0.3) is 0 Å². The molecule has 0 atom stereocenters. The standard InChI is InChI=1S/C15H22O3/c1-10(2)12-8-14(18-6)13(17-5)7-11(12)9-15(3,4)16/h7-8,16H,1,9H2,2-6H3. The van der Waals surface area contributed by atoms with Crippen LogP contribution in [-0.2, 0) is 6.42 Å². The Kier molecular flexibility index (Phi) is 4.41. The Balaban J connectivity index is 3.33. The summed E-state index contributed by atoms with van der Waals surface area (Å²) in [4.78, 5) is 0. The summed E-state index contributed by atoms with van der Waals surface area (Å²) in [6, 6.07) is 3.81. The number of hydrogen-bond acceptors (Lipinski definition) is 3. The molecule has 0 unspecified atom stereocenters. The Hall–Kier alpha value is -1.48. The van der Waals surface area contributed by atoms with Gasteiger partial charge in [0.15, 0.2) is 11.5 Å². The molecule has 0 bridgehead atoms. The summed E-state index contributed by atoms with van der Waals surface area (Å²) >= 11 is 0. The molecule has 1 aromatic carbocycles. The highest BCUT2D eigenvalue weighted by Gasteiger charge is 2.19. The summed E-state index contributed by atoms with van der Waals surface area (Å²) in [5.41, 5.74) is 2.17. The Bertz CT molecular complexity index is 442. The third kappa shape index (κ3) is 3.50. The molecule has 0 saturated carbocycles. The molecule has 0 aliphatic heterocycles. The quantitative estimate of drug-likeness (QED) is 0.873. The van der Waals surface area contributed by atoms with E-state index in [1.807, 2.05) is 19.1 Å². The zero-order chi connectivity index (χ0) is 13.9. The van der Waals surface area contributed by atoms with Gasteiger partial charge in [0, 0.05) is 6.42 Å². The van der Waals surface area contributed by atoms with Gasteiger partial charge < -0.3 is 14.6 Å². The van der Waals surface area contributed by atoms with E-state index in [4.69, 9.17) is 9.47 Å². The Labute approximate surface area is 109 Å². The van der Waals surface area contributed by atoms with Crippen molar-refractivity contribution in [1.82, 2.24) is 0 Å². The molecule has 0 spiro atoms. The second-order valence-corrected chi connectivity index (χ2v) is 5.13. The molecule has 3 heteroatoms. The van der Waals surface area contributed by atoms with Gasteiger partial charge in [-0.1, -0.05) is 12.2 Å². The van der Waals surface area contributed by atoms with Gasteiger partial charge >= 0.3 is 0 Å². The van der Waals surface area contributed by atoms with E-state index in [-0.39, 0.29) is 0 Å². The molecule has 1 aromatic rings. The van der Waals surface area contributed by atoms with Crippen LogP contribution in [0.3, 0.4) is 0 Å². The van der Waals surface area contributed by atoms with Crippen LogP contribution in [0.5, 0.6) is 11.5 Å². The van der Waals surface area contributed by atoms with Crippen LogP contribution in [0.25, 0.3) is 5.57 Å². The number of rotatable bonds is 5. The molecular formula is C15H22O3. The van der Waals surface area contributed by atoms with Crippen molar-refractivity contribution < 1.29 is 14.6 Å². The molecule has 3 nitrogen and oxygen atoms in total. The zero-order valence-electron chi connectivity index (χ0n) is 11.8. The average Bonchev–Trinajstić information content (AvgIpc) is 2.25. The normalized spacial score (nSPS) is 11.2. The predicted octanol–water partition coefficient (Wildman–Crippen LogP) is 3.05. The molecule has 1 N–H and O–H groups in total. The van der Waals surface area contributed by atoms with E-state index in [1.165, 1.54) is 0 Å². The highest BCUT2D eigenvalue weighted by atomic mass is 16.5. The van der Waals surface area contributed by atoms with Gasteiger partial charge in [0.2, 0.25) is 0 Å². The lowest BCUT2D eigenvalue weighted by Gasteiger charge is -2.21. The van der Waals surface area contributed by atoms with Crippen molar-refractivity contribution >= 4 is 5.57 Å². The maximum Gasteiger partial charge on any atom is 0.161 e. The second kappa shape index (κ2) is 5.44. The smallest absolute Gasteiger partial charge is 0.161 e. The van der Waals surface area contributed by atoms with Crippen LogP contribution in [0.4, 0.5) is 0 Å². The van der Waals surface area contributed by atoms with Crippen LogP contribution in [-0.4, -0.2) is 24.9 Å². The zero-order valence-corrected chi connectivity index (χ0v) is 11.8. The van der Waals surface area contributed by atoms with Gasteiger partial charge in [0.1, 0.15) is 0 Å². The molecule has 0 amide bonds. The van der Waals surface area contributed by atoms with Crippen LogP contribution in [0.1, 0.15) is 31.9 Å². The van der Waals surface area contributed by atoms with Gasteiger partial charge in [-0.25, -0.2) is 0 Å². The van der Waals surface area contributed by atoms with E-state index >= 15 is 0 Å². The minimum absolute atomic E-state index is 0.537. The lowest BCUT2D eigenvalue weighted by Crippen LogP contribution is -2.22. The van der Waals surface area contributed by atoms with Gasteiger partial charge in [-0.15, -0.1) is 0 Å². The number of allylic oxidation sites excluding steroid dienone is 1. The Morgan fingerprint density at radius 3 is 2.11 bits per heavy atom. The van der Waals surface area contributed by atoms with Crippen molar-refractivity contribution in [3.05, 3.63) is 29.8 Å². The van der Waals surface area contributed by atoms with Crippen molar-refractivity contribution in [3.63, 3.8) is 0 Å². The van der Waals surface area contributed by atoms with Crippen molar-refractivity contribution in [2.75, 3.05) is 14.2 Å². The van der Waals surface area contributed by atoms with E-state index in [0.29, 0.717) is 17.9 Å². The van der Waals surface area contributed by atoms with Gasteiger partial charge in [-0.3, -0.25) is 0 Å².